The fourth-order valence-electron chi connectivity index (χ4n) is 2.04. The quantitative estimate of drug-likeness (QED) is 0.757. The Hall–Kier alpha value is 0.430. The van der Waals surface area contributed by atoms with Crippen LogP contribution in [0, 0.1) is 6.42 Å². The molecule has 0 aliphatic heterocycles. The Morgan fingerprint density at radius 3 is 2.80 bits per heavy atom. The average Bonchev–Trinajstić information content (AvgIpc) is 2.51. The van der Waals surface area contributed by atoms with Crippen LogP contribution in [0.15, 0.2) is 5.38 Å². The van der Waals surface area contributed by atoms with Crippen molar-refractivity contribution < 1.29 is 0 Å². The average molecular weight is 233 g/mol. The Labute approximate surface area is 118 Å². The molecule has 2 N–H and O–H groups in total. The minimum atomic E-state index is 0. The van der Waals surface area contributed by atoms with Crippen LogP contribution in [0.25, 0.3) is 0 Å². The Morgan fingerprint density at radius 1 is 1.27 bits per heavy atom. The predicted molar refractivity (Wildman–Crippen MR) is 68.4 cm³/mol. The van der Waals surface area contributed by atoms with Crippen molar-refractivity contribution in [2.24, 2.45) is 0 Å². The first-order chi connectivity index (χ1) is 6.86. The first-order valence-electron chi connectivity index (χ1n) is 5.40. The minimum absolute atomic E-state index is 0. The summed E-state index contributed by atoms with van der Waals surface area (Å²) in [5, 5.41) is 2.81. The SMILES string of the molecule is Nc1nc(C2[CH]CCCCCC2)cs1.[NaH]. The molecule has 1 aromatic rings. The van der Waals surface area contributed by atoms with Crippen molar-refractivity contribution in [3.8, 4) is 0 Å². The zero-order valence-corrected chi connectivity index (χ0v) is 9.22. The van der Waals surface area contributed by atoms with Gasteiger partial charge in [-0.25, -0.2) is 4.98 Å². The molecule has 1 saturated carbocycles. The molecule has 1 aliphatic rings. The van der Waals surface area contributed by atoms with E-state index in [1.807, 2.05) is 0 Å². The van der Waals surface area contributed by atoms with E-state index in [-0.39, 0.29) is 29.6 Å². The van der Waals surface area contributed by atoms with Crippen LogP contribution in [-0.2, 0) is 0 Å². The molecular formula is C11H18N2NaS. The number of hydrogen-bond acceptors (Lipinski definition) is 3. The van der Waals surface area contributed by atoms with Crippen molar-refractivity contribution in [2.45, 2.75) is 44.4 Å². The van der Waals surface area contributed by atoms with E-state index in [0.29, 0.717) is 11.0 Å². The summed E-state index contributed by atoms with van der Waals surface area (Å²) in [6.45, 7) is 0. The van der Waals surface area contributed by atoms with Gasteiger partial charge in [-0.3, -0.25) is 0 Å². The van der Waals surface area contributed by atoms with Gasteiger partial charge in [0.1, 0.15) is 0 Å². The molecule has 79 valence electrons. The second-order valence-electron chi connectivity index (χ2n) is 3.94. The van der Waals surface area contributed by atoms with Gasteiger partial charge in [-0.15, -0.1) is 11.3 Å². The molecule has 0 amide bonds. The number of nitrogens with zero attached hydrogens (tertiary/aromatic N) is 1. The predicted octanol–water partition coefficient (Wildman–Crippen LogP) is 2.72. The van der Waals surface area contributed by atoms with Gasteiger partial charge in [0.25, 0.3) is 0 Å². The van der Waals surface area contributed by atoms with E-state index in [1.54, 1.807) is 11.3 Å². The number of nitrogens with two attached hydrogens (primary N) is 1. The molecule has 0 aromatic carbocycles. The number of aromatic nitrogens is 1. The van der Waals surface area contributed by atoms with Crippen molar-refractivity contribution >= 4 is 46.0 Å². The Morgan fingerprint density at radius 2 is 2.07 bits per heavy atom. The summed E-state index contributed by atoms with van der Waals surface area (Å²) in [5.74, 6) is 0.559. The third-order valence-corrected chi connectivity index (χ3v) is 3.53. The van der Waals surface area contributed by atoms with Crippen LogP contribution in [0.1, 0.15) is 50.1 Å². The molecule has 1 aromatic heterocycles. The zero-order valence-electron chi connectivity index (χ0n) is 8.41. The second-order valence-corrected chi connectivity index (χ2v) is 4.83. The molecule has 0 spiro atoms. The van der Waals surface area contributed by atoms with Crippen LogP contribution < -0.4 is 5.73 Å². The van der Waals surface area contributed by atoms with E-state index in [0.717, 1.165) is 0 Å². The molecule has 0 bridgehead atoms. The van der Waals surface area contributed by atoms with Crippen LogP contribution in [0.2, 0.25) is 0 Å². The third kappa shape index (κ3) is 4.06. The van der Waals surface area contributed by atoms with Crippen molar-refractivity contribution in [2.75, 3.05) is 5.73 Å². The van der Waals surface area contributed by atoms with E-state index in [2.05, 4.69) is 16.8 Å². The van der Waals surface area contributed by atoms with Crippen LogP contribution >= 0.6 is 11.3 Å². The molecule has 1 aliphatic carbocycles. The monoisotopic (exact) mass is 233 g/mol. The van der Waals surface area contributed by atoms with E-state index in [1.165, 1.54) is 44.2 Å². The molecule has 15 heavy (non-hydrogen) atoms. The number of hydrogen-bond donors (Lipinski definition) is 1. The van der Waals surface area contributed by atoms with Gasteiger partial charge in [-0.2, -0.15) is 0 Å². The van der Waals surface area contributed by atoms with Gasteiger partial charge >= 0.3 is 29.6 Å². The van der Waals surface area contributed by atoms with Crippen LogP contribution in [0.4, 0.5) is 5.13 Å². The fraction of sp³-hybridized carbons (Fsp3) is 0.636. The molecule has 1 fully saturated rings. The van der Waals surface area contributed by atoms with E-state index in [9.17, 15) is 0 Å². The Balaban J connectivity index is 0.00000112. The van der Waals surface area contributed by atoms with Crippen molar-refractivity contribution in [1.29, 1.82) is 0 Å². The normalized spacial score (nSPS) is 18.9. The molecule has 2 nitrogen and oxygen atoms in total. The van der Waals surface area contributed by atoms with Gasteiger partial charge in [-0.1, -0.05) is 25.7 Å². The van der Waals surface area contributed by atoms with Gasteiger partial charge in [-0.05, 0) is 19.3 Å². The van der Waals surface area contributed by atoms with E-state index >= 15 is 0 Å². The summed E-state index contributed by atoms with van der Waals surface area (Å²) in [6, 6.07) is 0. The number of anilines is 1. The summed E-state index contributed by atoms with van der Waals surface area (Å²) < 4.78 is 0. The maximum absolute atomic E-state index is 5.65. The van der Waals surface area contributed by atoms with Crippen LogP contribution in [0.5, 0.6) is 0 Å². The standard InChI is InChI=1S/C11H17N2S.Na.H/c12-11-13-10(8-14-11)9-6-4-2-1-3-5-7-9;;/h6,8-9H,1-5,7H2,(H2,12,13);;. The fourth-order valence-corrected chi connectivity index (χ4v) is 2.67. The second kappa shape index (κ2) is 6.89. The molecule has 1 unspecified atom stereocenters. The summed E-state index contributed by atoms with van der Waals surface area (Å²) in [6.07, 6.45) is 10.4. The van der Waals surface area contributed by atoms with Gasteiger partial charge in [0.2, 0.25) is 0 Å². The summed E-state index contributed by atoms with van der Waals surface area (Å²) >= 11 is 1.56. The number of rotatable bonds is 1. The van der Waals surface area contributed by atoms with Crippen LogP contribution in [0.3, 0.4) is 0 Å². The van der Waals surface area contributed by atoms with Gasteiger partial charge in [0.15, 0.2) is 5.13 Å². The molecule has 4 heteroatoms. The Bertz CT molecular complexity index is 280. The van der Waals surface area contributed by atoms with Gasteiger partial charge in [0.05, 0.1) is 5.69 Å². The van der Waals surface area contributed by atoms with E-state index < -0.39 is 0 Å². The molecule has 2 rings (SSSR count). The molecule has 1 atom stereocenters. The maximum atomic E-state index is 5.65. The molecule has 0 saturated heterocycles. The van der Waals surface area contributed by atoms with Gasteiger partial charge in [0, 0.05) is 11.3 Å². The third-order valence-electron chi connectivity index (χ3n) is 2.84. The van der Waals surface area contributed by atoms with Crippen LogP contribution in [-0.4, -0.2) is 34.5 Å². The number of nitrogen functional groups attached to an aromatic ring is 1. The van der Waals surface area contributed by atoms with E-state index in [4.69, 9.17) is 5.73 Å². The summed E-state index contributed by atoms with van der Waals surface area (Å²) in [7, 11) is 0. The van der Waals surface area contributed by atoms with Crippen molar-refractivity contribution in [3.05, 3.63) is 17.5 Å². The first-order valence-corrected chi connectivity index (χ1v) is 6.28. The summed E-state index contributed by atoms with van der Waals surface area (Å²) in [4.78, 5) is 4.37. The molecule has 1 radical (unpaired) electrons. The zero-order chi connectivity index (χ0) is 9.80. The molecular weight excluding hydrogens is 215 g/mol. The first kappa shape index (κ1) is 13.5. The number of thiazole rings is 1. The summed E-state index contributed by atoms with van der Waals surface area (Å²) in [5.41, 5.74) is 6.84. The van der Waals surface area contributed by atoms with Crippen molar-refractivity contribution in [1.82, 2.24) is 4.98 Å². The van der Waals surface area contributed by atoms with Crippen molar-refractivity contribution in [3.63, 3.8) is 0 Å². The molecule has 1 heterocycles. The topological polar surface area (TPSA) is 38.9 Å². The van der Waals surface area contributed by atoms with Gasteiger partial charge < -0.3 is 5.73 Å². The Kier molecular flexibility index (Phi) is 6.20.